The van der Waals surface area contributed by atoms with E-state index in [2.05, 4.69) is 10.3 Å². The van der Waals surface area contributed by atoms with Gasteiger partial charge in [-0.3, -0.25) is 4.79 Å². The molecule has 0 aliphatic carbocycles. The molecule has 2 aromatic rings. The quantitative estimate of drug-likeness (QED) is 0.853. The van der Waals surface area contributed by atoms with Crippen LogP contribution in [0, 0.1) is 6.92 Å². The highest BCUT2D eigenvalue weighted by Crippen LogP contribution is 2.31. The number of carbonyl (C=O) groups is 1. The molecule has 0 bridgehead atoms. The van der Waals surface area contributed by atoms with E-state index in [1.165, 1.54) is 7.11 Å². The summed E-state index contributed by atoms with van der Waals surface area (Å²) < 4.78 is 10.9. The standard InChI is InChI=1S/C19H25N3O4/c1-12-16(11-20-15-6-8-22(9-7-15)13(2)23)21-19(26-12)14-4-5-17(24)18(10-14)25-3/h4-5,10,15,20,24H,6-9,11H2,1-3H3. The van der Waals surface area contributed by atoms with Gasteiger partial charge in [0, 0.05) is 38.2 Å². The lowest BCUT2D eigenvalue weighted by Crippen LogP contribution is -2.44. The zero-order valence-corrected chi connectivity index (χ0v) is 15.4. The number of hydrogen-bond donors (Lipinski definition) is 2. The Hall–Kier alpha value is -2.54. The minimum atomic E-state index is 0.0818. The Morgan fingerprint density at radius 3 is 2.81 bits per heavy atom. The van der Waals surface area contributed by atoms with Crippen LogP contribution in [0.4, 0.5) is 0 Å². The lowest BCUT2D eigenvalue weighted by molar-refractivity contribution is -0.129. The number of piperidine rings is 1. The van der Waals surface area contributed by atoms with Gasteiger partial charge in [0.15, 0.2) is 11.5 Å². The van der Waals surface area contributed by atoms with Gasteiger partial charge in [-0.15, -0.1) is 0 Å². The Balaban J connectivity index is 1.63. The number of carbonyl (C=O) groups excluding carboxylic acids is 1. The number of ether oxygens (including phenoxy) is 1. The van der Waals surface area contributed by atoms with Crippen LogP contribution in [-0.2, 0) is 11.3 Å². The minimum Gasteiger partial charge on any atom is -0.504 e. The molecule has 0 spiro atoms. The molecule has 0 unspecified atom stereocenters. The molecule has 140 valence electrons. The molecule has 1 aromatic carbocycles. The SMILES string of the molecule is COc1cc(-c2nc(CNC3CCN(C(C)=O)CC3)c(C)o2)ccc1O. The van der Waals surface area contributed by atoms with Gasteiger partial charge in [-0.2, -0.15) is 0 Å². The summed E-state index contributed by atoms with van der Waals surface area (Å²) in [7, 11) is 1.51. The summed E-state index contributed by atoms with van der Waals surface area (Å²) in [5, 5.41) is 13.2. The number of amides is 1. The molecule has 1 fully saturated rings. The number of phenols is 1. The predicted octanol–water partition coefficient (Wildman–Crippen LogP) is 2.46. The highest BCUT2D eigenvalue weighted by atomic mass is 16.5. The first-order chi connectivity index (χ1) is 12.5. The largest absolute Gasteiger partial charge is 0.504 e. The third kappa shape index (κ3) is 3.99. The van der Waals surface area contributed by atoms with E-state index in [0.29, 0.717) is 24.2 Å². The molecule has 2 N–H and O–H groups in total. The second kappa shape index (κ2) is 7.78. The van der Waals surface area contributed by atoms with Crippen molar-refractivity contribution in [3.63, 3.8) is 0 Å². The highest BCUT2D eigenvalue weighted by Gasteiger charge is 2.21. The molecule has 1 saturated heterocycles. The van der Waals surface area contributed by atoms with Crippen LogP contribution in [0.15, 0.2) is 22.6 Å². The average Bonchev–Trinajstić information content (AvgIpc) is 3.01. The van der Waals surface area contributed by atoms with Gasteiger partial charge < -0.3 is 24.5 Å². The number of phenolic OH excluding ortho intramolecular Hbond substituents is 1. The monoisotopic (exact) mass is 359 g/mol. The van der Waals surface area contributed by atoms with Crippen molar-refractivity contribution in [2.45, 2.75) is 39.3 Å². The Kier molecular flexibility index (Phi) is 5.46. The van der Waals surface area contributed by atoms with Crippen LogP contribution < -0.4 is 10.1 Å². The van der Waals surface area contributed by atoms with Crippen LogP contribution in [0.2, 0.25) is 0 Å². The molecule has 3 rings (SSSR count). The molecule has 2 heterocycles. The van der Waals surface area contributed by atoms with Crippen molar-refractivity contribution in [3.8, 4) is 23.0 Å². The number of likely N-dealkylation sites (tertiary alicyclic amines) is 1. The average molecular weight is 359 g/mol. The lowest BCUT2D eigenvalue weighted by atomic mass is 10.0. The summed E-state index contributed by atoms with van der Waals surface area (Å²) in [6, 6.07) is 5.39. The van der Waals surface area contributed by atoms with Crippen molar-refractivity contribution in [2.24, 2.45) is 0 Å². The van der Waals surface area contributed by atoms with Crippen molar-refractivity contribution in [1.29, 1.82) is 0 Å². The van der Waals surface area contributed by atoms with Gasteiger partial charge in [0.05, 0.1) is 12.8 Å². The number of nitrogens with zero attached hydrogens (tertiary/aromatic N) is 2. The third-order valence-corrected chi connectivity index (χ3v) is 4.82. The number of methoxy groups -OCH3 is 1. The van der Waals surface area contributed by atoms with E-state index < -0.39 is 0 Å². The lowest BCUT2D eigenvalue weighted by Gasteiger charge is -2.31. The van der Waals surface area contributed by atoms with Gasteiger partial charge in [-0.25, -0.2) is 4.98 Å². The summed E-state index contributed by atoms with van der Waals surface area (Å²) in [6.07, 6.45) is 1.89. The zero-order chi connectivity index (χ0) is 18.7. The second-order valence-electron chi connectivity index (χ2n) is 6.57. The molecule has 0 saturated carbocycles. The third-order valence-electron chi connectivity index (χ3n) is 4.82. The van der Waals surface area contributed by atoms with Gasteiger partial charge in [-0.1, -0.05) is 0 Å². The van der Waals surface area contributed by atoms with Crippen molar-refractivity contribution in [3.05, 3.63) is 29.7 Å². The molecule has 1 aliphatic heterocycles. The maximum Gasteiger partial charge on any atom is 0.226 e. The summed E-state index contributed by atoms with van der Waals surface area (Å²) in [4.78, 5) is 17.9. The number of oxazole rings is 1. The summed E-state index contributed by atoms with van der Waals surface area (Å²) >= 11 is 0. The number of hydrogen-bond acceptors (Lipinski definition) is 6. The maximum atomic E-state index is 11.4. The number of rotatable bonds is 5. The van der Waals surface area contributed by atoms with Gasteiger partial charge in [0.25, 0.3) is 0 Å². The fourth-order valence-corrected chi connectivity index (χ4v) is 3.17. The van der Waals surface area contributed by atoms with Gasteiger partial charge in [0.2, 0.25) is 11.8 Å². The molecule has 7 nitrogen and oxygen atoms in total. The van der Waals surface area contributed by atoms with Gasteiger partial charge >= 0.3 is 0 Å². The van der Waals surface area contributed by atoms with Gasteiger partial charge in [0.1, 0.15) is 5.76 Å². The molecule has 1 aliphatic rings. The van der Waals surface area contributed by atoms with E-state index in [9.17, 15) is 9.90 Å². The zero-order valence-electron chi connectivity index (χ0n) is 15.4. The molecular formula is C19H25N3O4. The molecule has 7 heteroatoms. The highest BCUT2D eigenvalue weighted by molar-refractivity contribution is 5.73. The smallest absolute Gasteiger partial charge is 0.226 e. The first-order valence-electron chi connectivity index (χ1n) is 8.80. The first-order valence-corrected chi connectivity index (χ1v) is 8.80. The number of aromatic nitrogens is 1. The van der Waals surface area contributed by atoms with Crippen LogP contribution in [0.5, 0.6) is 11.5 Å². The number of aryl methyl sites for hydroxylation is 1. The Morgan fingerprint density at radius 1 is 1.42 bits per heavy atom. The first kappa shape index (κ1) is 18.3. The summed E-state index contributed by atoms with van der Waals surface area (Å²) in [5.74, 6) is 1.88. The van der Waals surface area contributed by atoms with E-state index in [-0.39, 0.29) is 11.7 Å². The number of benzene rings is 1. The fourth-order valence-electron chi connectivity index (χ4n) is 3.17. The van der Waals surface area contributed by atoms with E-state index in [4.69, 9.17) is 9.15 Å². The van der Waals surface area contributed by atoms with E-state index in [1.807, 2.05) is 11.8 Å². The Labute approximate surface area is 153 Å². The fraction of sp³-hybridized carbons (Fsp3) is 0.474. The number of aromatic hydroxyl groups is 1. The van der Waals surface area contributed by atoms with Crippen LogP contribution in [0.25, 0.3) is 11.5 Å². The summed E-state index contributed by atoms with van der Waals surface area (Å²) in [6.45, 7) is 5.72. The van der Waals surface area contributed by atoms with Gasteiger partial charge in [-0.05, 0) is 38.0 Å². The number of nitrogens with one attached hydrogen (secondary N) is 1. The molecule has 1 amide bonds. The predicted molar refractivity (Wildman–Crippen MR) is 97.0 cm³/mol. The molecule has 1 aromatic heterocycles. The van der Waals surface area contributed by atoms with Crippen molar-refractivity contribution in [2.75, 3.05) is 20.2 Å². The maximum absolute atomic E-state index is 11.4. The van der Waals surface area contributed by atoms with Crippen LogP contribution in [0.3, 0.4) is 0 Å². The Morgan fingerprint density at radius 2 is 2.15 bits per heavy atom. The summed E-state index contributed by atoms with van der Waals surface area (Å²) in [5.41, 5.74) is 1.62. The van der Waals surface area contributed by atoms with Crippen molar-refractivity contribution < 1.29 is 19.1 Å². The normalized spacial score (nSPS) is 15.3. The van der Waals surface area contributed by atoms with Crippen LogP contribution in [-0.4, -0.2) is 47.1 Å². The van der Waals surface area contributed by atoms with Crippen LogP contribution in [0.1, 0.15) is 31.2 Å². The van der Waals surface area contributed by atoms with Crippen molar-refractivity contribution >= 4 is 5.91 Å². The molecule has 0 radical (unpaired) electrons. The molecular weight excluding hydrogens is 334 g/mol. The van der Waals surface area contributed by atoms with Crippen molar-refractivity contribution in [1.82, 2.24) is 15.2 Å². The topological polar surface area (TPSA) is 87.8 Å². The van der Waals surface area contributed by atoms with E-state index >= 15 is 0 Å². The van der Waals surface area contributed by atoms with Crippen LogP contribution >= 0.6 is 0 Å². The Bertz CT molecular complexity index is 779. The molecule has 26 heavy (non-hydrogen) atoms. The van der Waals surface area contributed by atoms with E-state index in [1.54, 1.807) is 25.1 Å². The molecule has 0 atom stereocenters. The van der Waals surface area contributed by atoms with E-state index in [0.717, 1.165) is 42.9 Å². The second-order valence-corrected chi connectivity index (χ2v) is 6.57. The minimum absolute atomic E-state index is 0.0818.